The van der Waals surface area contributed by atoms with Gasteiger partial charge in [-0.2, -0.15) is 0 Å². The number of carboxylic acids is 3. The molecule has 0 aliphatic heterocycles. The van der Waals surface area contributed by atoms with E-state index in [4.69, 9.17) is 15.3 Å². The molecule has 9 heteroatoms. The van der Waals surface area contributed by atoms with Gasteiger partial charge < -0.3 is 15.3 Å². The first-order valence-corrected chi connectivity index (χ1v) is 14.2. The minimum Gasteiger partial charge on any atom is -0.481 e. The maximum atomic E-state index is 11.0. The second kappa shape index (κ2) is 14.2. The first-order chi connectivity index (χ1) is 17.8. The summed E-state index contributed by atoms with van der Waals surface area (Å²) in [6.07, 6.45) is 0. The normalized spacial score (nSPS) is 11.3. The van der Waals surface area contributed by atoms with Crippen LogP contribution in [0.3, 0.4) is 0 Å². The van der Waals surface area contributed by atoms with Gasteiger partial charge >= 0.3 is 17.9 Å². The van der Waals surface area contributed by atoms with Crippen molar-refractivity contribution in [2.24, 2.45) is 0 Å². The summed E-state index contributed by atoms with van der Waals surface area (Å²) in [5.74, 6) is -2.44. The van der Waals surface area contributed by atoms with Gasteiger partial charge in [0.05, 0.1) is 16.2 Å². The van der Waals surface area contributed by atoms with Gasteiger partial charge in [-0.05, 0) is 88.6 Å². The first-order valence-electron chi connectivity index (χ1n) is 11.8. The molecule has 0 amide bonds. The number of halogens is 3. The highest BCUT2D eigenvalue weighted by Crippen LogP contribution is 2.30. The Hall–Kier alpha value is -2.49. The summed E-state index contributed by atoms with van der Waals surface area (Å²) in [6, 6.07) is 22.1. The summed E-state index contributed by atoms with van der Waals surface area (Å²) in [5.41, 5.74) is -0.0926. The van der Waals surface area contributed by atoms with Gasteiger partial charge in [0.25, 0.3) is 0 Å². The minimum absolute atomic E-state index is 0.794. The van der Waals surface area contributed by atoms with Gasteiger partial charge in [-0.15, -0.1) is 0 Å². The Morgan fingerprint density at radius 1 is 0.538 bits per heavy atom. The molecule has 3 rings (SSSR count). The fourth-order valence-electron chi connectivity index (χ4n) is 3.07. The average Bonchev–Trinajstić information content (AvgIpc) is 2.85. The zero-order valence-electron chi connectivity index (χ0n) is 22.6. The number of carbonyl (C=O) groups is 3. The third-order valence-electron chi connectivity index (χ3n) is 6.26. The molecule has 0 aromatic heterocycles. The SMILES string of the molecule is CC(C)(C(=O)O)c1ccc(Br)cc1.CC(C)(C(=O)O)c1cccc(Br)c1.CC(C)(C(=O)O)c1ccccc1Br. The van der Waals surface area contributed by atoms with Crippen molar-refractivity contribution in [3.05, 3.63) is 103 Å². The van der Waals surface area contributed by atoms with E-state index in [1.807, 2.05) is 72.8 Å². The Bertz CT molecular complexity index is 1300. The summed E-state index contributed by atoms with van der Waals surface area (Å²) < 4.78 is 2.69. The van der Waals surface area contributed by atoms with Crippen molar-refractivity contribution in [3.63, 3.8) is 0 Å². The molecule has 0 saturated carbocycles. The fraction of sp³-hybridized carbons (Fsp3) is 0.300. The van der Waals surface area contributed by atoms with Crippen LogP contribution >= 0.6 is 47.8 Å². The lowest BCUT2D eigenvalue weighted by atomic mass is 9.85. The molecular weight excluding hydrogens is 696 g/mol. The molecule has 0 heterocycles. The van der Waals surface area contributed by atoms with Gasteiger partial charge in [-0.3, -0.25) is 14.4 Å². The Morgan fingerprint density at radius 3 is 1.44 bits per heavy atom. The zero-order valence-corrected chi connectivity index (χ0v) is 27.4. The summed E-state index contributed by atoms with van der Waals surface area (Å²) in [6.45, 7) is 10.1. The number of aliphatic carboxylic acids is 3. The minimum atomic E-state index is -0.847. The van der Waals surface area contributed by atoms with Crippen LogP contribution in [0.4, 0.5) is 0 Å². The summed E-state index contributed by atoms with van der Waals surface area (Å²) in [4.78, 5) is 32.8. The molecule has 0 spiro atoms. The third-order valence-corrected chi connectivity index (χ3v) is 7.98. The van der Waals surface area contributed by atoms with Crippen molar-refractivity contribution in [2.45, 2.75) is 57.8 Å². The Labute approximate surface area is 254 Å². The average molecular weight is 729 g/mol. The van der Waals surface area contributed by atoms with Crippen LogP contribution < -0.4 is 0 Å². The third kappa shape index (κ3) is 9.58. The van der Waals surface area contributed by atoms with Crippen LogP contribution in [-0.4, -0.2) is 33.2 Å². The fourth-order valence-corrected chi connectivity index (χ4v) is 4.52. The summed E-state index contributed by atoms with van der Waals surface area (Å²) in [5, 5.41) is 26.9. The molecule has 0 aliphatic rings. The van der Waals surface area contributed by atoms with Crippen molar-refractivity contribution >= 4 is 65.7 Å². The smallest absolute Gasteiger partial charge is 0.313 e. The molecule has 0 unspecified atom stereocenters. The van der Waals surface area contributed by atoms with E-state index in [0.717, 1.165) is 30.1 Å². The first kappa shape index (κ1) is 34.5. The van der Waals surface area contributed by atoms with E-state index < -0.39 is 34.2 Å². The van der Waals surface area contributed by atoms with E-state index >= 15 is 0 Å². The van der Waals surface area contributed by atoms with Crippen LogP contribution in [0.5, 0.6) is 0 Å². The second-order valence-corrected chi connectivity index (χ2v) is 13.0. The molecule has 39 heavy (non-hydrogen) atoms. The number of rotatable bonds is 6. The van der Waals surface area contributed by atoms with E-state index in [1.165, 1.54) is 0 Å². The van der Waals surface area contributed by atoms with Crippen LogP contribution in [0.25, 0.3) is 0 Å². The molecule has 0 radical (unpaired) electrons. The highest BCUT2D eigenvalue weighted by molar-refractivity contribution is 9.11. The van der Waals surface area contributed by atoms with Crippen LogP contribution in [0, 0.1) is 0 Å². The molecule has 210 valence electrons. The molecule has 6 nitrogen and oxygen atoms in total. The maximum Gasteiger partial charge on any atom is 0.313 e. The largest absolute Gasteiger partial charge is 0.481 e. The zero-order chi connectivity index (χ0) is 30.2. The van der Waals surface area contributed by atoms with Crippen LogP contribution in [-0.2, 0) is 30.6 Å². The monoisotopic (exact) mass is 726 g/mol. The van der Waals surface area contributed by atoms with Crippen LogP contribution in [0.15, 0.2) is 86.2 Å². The lowest BCUT2D eigenvalue weighted by Crippen LogP contribution is -2.28. The number of carboxylic acid groups (broad SMARTS) is 3. The lowest BCUT2D eigenvalue weighted by molar-refractivity contribution is -0.143. The van der Waals surface area contributed by atoms with E-state index in [-0.39, 0.29) is 0 Å². The van der Waals surface area contributed by atoms with Gasteiger partial charge in [-0.1, -0.05) is 90.3 Å². The van der Waals surface area contributed by atoms with Crippen LogP contribution in [0.2, 0.25) is 0 Å². The van der Waals surface area contributed by atoms with Gasteiger partial charge in [0.2, 0.25) is 0 Å². The van der Waals surface area contributed by atoms with E-state index in [1.54, 1.807) is 41.5 Å². The highest BCUT2D eigenvalue weighted by Gasteiger charge is 2.31. The highest BCUT2D eigenvalue weighted by atomic mass is 79.9. The predicted octanol–water partition coefficient (Wildman–Crippen LogP) is 8.43. The summed E-state index contributed by atoms with van der Waals surface area (Å²) in [7, 11) is 0. The Kier molecular flexibility index (Phi) is 12.6. The number of benzene rings is 3. The second-order valence-electron chi connectivity index (χ2n) is 10.3. The van der Waals surface area contributed by atoms with E-state index in [2.05, 4.69) is 47.8 Å². The van der Waals surface area contributed by atoms with Gasteiger partial charge in [0.15, 0.2) is 0 Å². The standard InChI is InChI=1S/3C10H11BrO2/c1-10(2,9(12)13)7-3-5-8(11)6-4-7;1-10(2,9(12)13)7-4-3-5-8(11)6-7;1-10(2,9(12)13)7-5-3-4-6-8(7)11/h3*3-6H,1-2H3,(H,12,13). The molecule has 0 saturated heterocycles. The van der Waals surface area contributed by atoms with Crippen molar-refractivity contribution in [1.82, 2.24) is 0 Å². The van der Waals surface area contributed by atoms with E-state index in [0.29, 0.717) is 0 Å². The molecule has 0 fully saturated rings. The predicted molar refractivity (Wildman–Crippen MR) is 164 cm³/mol. The lowest BCUT2D eigenvalue weighted by Gasteiger charge is -2.20. The van der Waals surface area contributed by atoms with Crippen molar-refractivity contribution in [2.75, 3.05) is 0 Å². The molecular formula is C30H33Br3O6. The molecule has 3 aromatic rings. The van der Waals surface area contributed by atoms with Crippen molar-refractivity contribution < 1.29 is 29.7 Å². The molecule has 0 aliphatic carbocycles. The molecule has 0 bridgehead atoms. The van der Waals surface area contributed by atoms with Crippen molar-refractivity contribution in [1.29, 1.82) is 0 Å². The van der Waals surface area contributed by atoms with E-state index in [9.17, 15) is 14.4 Å². The Morgan fingerprint density at radius 2 is 1.00 bits per heavy atom. The topological polar surface area (TPSA) is 112 Å². The van der Waals surface area contributed by atoms with Crippen LogP contribution in [0.1, 0.15) is 58.2 Å². The van der Waals surface area contributed by atoms with Crippen molar-refractivity contribution in [3.8, 4) is 0 Å². The quantitative estimate of drug-likeness (QED) is 0.235. The maximum absolute atomic E-state index is 11.0. The molecule has 3 aromatic carbocycles. The number of hydrogen-bond acceptors (Lipinski definition) is 3. The van der Waals surface area contributed by atoms with Gasteiger partial charge in [0, 0.05) is 13.4 Å². The van der Waals surface area contributed by atoms with Gasteiger partial charge in [-0.25, -0.2) is 0 Å². The van der Waals surface area contributed by atoms with Gasteiger partial charge in [0.1, 0.15) is 0 Å². The Balaban J connectivity index is 0.000000292. The summed E-state index contributed by atoms with van der Waals surface area (Å²) >= 11 is 9.95. The molecule has 3 N–H and O–H groups in total. The number of hydrogen-bond donors (Lipinski definition) is 3. The molecule has 0 atom stereocenters.